The number of fused-ring (bicyclic) bond motifs is 1. The van der Waals surface area contributed by atoms with Crippen LogP contribution >= 0.6 is 24.8 Å². The van der Waals surface area contributed by atoms with Crippen LogP contribution in [-0.4, -0.2) is 41.1 Å². The summed E-state index contributed by atoms with van der Waals surface area (Å²) in [4.78, 5) is 11.0. The van der Waals surface area contributed by atoms with E-state index in [1.54, 1.807) is 0 Å². The molecule has 20 heavy (non-hydrogen) atoms. The molecule has 3 rings (SSSR count). The van der Waals surface area contributed by atoms with Crippen molar-refractivity contribution in [2.75, 3.05) is 20.1 Å². The standard InChI is InChI=1S/C14H17N3O.2ClH/c1-17-8-6-12(7-9-17)18-14-15-10-11-4-2-3-5-13(11)16-14;;/h2-5,10,12H,6-9H2,1H3;2*1H. The maximum atomic E-state index is 5.86. The number of hydrogen-bond donors (Lipinski definition) is 0. The number of para-hydroxylation sites is 1. The van der Waals surface area contributed by atoms with Gasteiger partial charge in [0.15, 0.2) is 0 Å². The Kier molecular flexibility index (Phi) is 6.46. The number of halogens is 2. The first-order valence-corrected chi connectivity index (χ1v) is 6.38. The monoisotopic (exact) mass is 315 g/mol. The minimum absolute atomic E-state index is 0. The summed E-state index contributed by atoms with van der Waals surface area (Å²) in [5, 5.41) is 1.05. The molecule has 1 aliphatic rings. The van der Waals surface area contributed by atoms with E-state index in [1.165, 1.54) is 0 Å². The second kappa shape index (κ2) is 7.62. The maximum Gasteiger partial charge on any atom is 0.317 e. The van der Waals surface area contributed by atoms with Crippen LogP contribution in [0.15, 0.2) is 30.5 Å². The summed E-state index contributed by atoms with van der Waals surface area (Å²) in [5.41, 5.74) is 0.940. The van der Waals surface area contributed by atoms with Crippen molar-refractivity contribution in [1.82, 2.24) is 14.9 Å². The van der Waals surface area contributed by atoms with Crippen LogP contribution in [0.5, 0.6) is 6.01 Å². The van der Waals surface area contributed by atoms with E-state index in [-0.39, 0.29) is 30.9 Å². The van der Waals surface area contributed by atoms with Crippen molar-refractivity contribution in [3.05, 3.63) is 30.5 Å². The number of hydrogen-bond acceptors (Lipinski definition) is 4. The number of ether oxygens (including phenoxy) is 1. The van der Waals surface area contributed by atoms with Crippen LogP contribution in [0, 0.1) is 0 Å². The van der Waals surface area contributed by atoms with E-state index in [1.807, 2.05) is 30.5 Å². The van der Waals surface area contributed by atoms with E-state index in [0.717, 1.165) is 36.8 Å². The molecule has 6 heteroatoms. The van der Waals surface area contributed by atoms with E-state index in [0.29, 0.717) is 6.01 Å². The van der Waals surface area contributed by atoms with Crippen LogP contribution in [0.1, 0.15) is 12.8 Å². The Hall–Kier alpha value is -1.10. The van der Waals surface area contributed by atoms with Crippen molar-refractivity contribution in [3.63, 3.8) is 0 Å². The van der Waals surface area contributed by atoms with Gasteiger partial charge in [-0.05, 0) is 26.0 Å². The lowest BCUT2D eigenvalue weighted by Crippen LogP contribution is -2.35. The zero-order valence-electron chi connectivity index (χ0n) is 11.4. The zero-order chi connectivity index (χ0) is 12.4. The molecule has 0 bridgehead atoms. The maximum absolute atomic E-state index is 5.86. The fourth-order valence-corrected chi connectivity index (χ4v) is 2.26. The van der Waals surface area contributed by atoms with Crippen molar-refractivity contribution in [3.8, 4) is 6.01 Å². The molecule has 1 aromatic carbocycles. The smallest absolute Gasteiger partial charge is 0.317 e. The van der Waals surface area contributed by atoms with Gasteiger partial charge in [-0.15, -0.1) is 24.8 Å². The van der Waals surface area contributed by atoms with E-state index in [2.05, 4.69) is 21.9 Å². The van der Waals surface area contributed by atoms with Crippen LogP contribution in [0.25, 0.3) is 10.9 Å². The van der Waals surface area contributed by atoms with Crippen LogP contribution in [0.4, 0.5) is 0 Å². The lowest BCUT2D eigenvalue weighted by Gasteiger charge is -2.28. The van der Waals surface area contributed by atoms with E-state index >= 15 is 0 Å². The lowest BCUT2D eigenvalue weighted by atomic mass is 10.1. The molecule has 1 aromatic heterocycles. The summed E-state index contributed by atoms with van der Waals surface area (Å²) in [6, 6.07) is 8.47. The SMILES string of the molecule is CN1CCC(Oc2ncc3ccccc3n2)CC1.Cl.Cl. The molecule has 0 spiro atoms. The molecule has 2 heterocycles. The highest BCUT2D eigenvalue weighted by Gasteiger charge is 2.18. The highest BCUT2D eigenvalue weighted by atomic mass is 35.5. The fourth-order valence-electron chi connectivity index (χ4n) is 2.26. The number of nitrogens with zero attached hydrogens (tertiary/aromatic N) is 3. The summed E-state index contributed by atoms with van der Waals surface area (Å²) < 4.78 is 5.86. The van der Waals surface area contributed by atoms with Crippen molar-refractivity contribution < 1.29 is 4.74 Å². The van der Waals surface area contributed by atoms with Gasteiger partial charge in [-0.2, -0.15) is 4.98 Å². The van der Waals surface area contributed by atoms with Crippen LogP contribution in [-0.2, 0) is 0 Å². The largest absolute Gasteiger partial charge is 0.460 e. The van der Waals surface area contributed by atoms with Crippen molar-refractivity contribution in [2.45, 2.75) is 18.9 Å². The lowest BCUT2D eigenvalue weighted by molar-refractivity contribution is 0.105. The van der Waals surface area contributed by atoms with Crippen molar-refractivity contribution >= 4 is 35.7 Å². The number of aromatic nitrogens is 2. The molecule has 1 aliphatic heterocycles. The van der Waals surface area contributed by atoms with E-state index in [4.69, 9.17) is 4.74 Å². The fraction of sp³-hybridized carbons (Fsp3) is 0.429. The second-order valence-electron chi connectivity index (χ2n) is 4.83. The quantitative estimate of drug-likeness (QED) is 0.854. The predicted octanol–water partition coefficient (Wildman–Crippen LogP) is 2.95. The van der Waals surface area contributed by atoms with E-state index in [9.17, 15) is 0 Å². The molecule has 0 saturated carbocycles. The molecular weight excluding hydrogens is 297 g/mol. The van der Waals surface area contributed by atoms with Gasteiger partial charge in [0.05, 0.1) is 5.52 Å². The minimum Gasteiger partial charge on any atom is -0.460 e. The Bertz CT molecular complexity index is 545. The average Bonchev–Trinajstić information content (AvgIpc) is 2.41. The summed E-state index contributed by atoms with van der Waals surface area (Å²) in [5.74, 6) is 0. The van der Waals surface area contributed by atoms with Gasteiger partial charge in [-0.1, -0.05) is 18.2 Å². The Labute approximate surface area is 131 Å². The Morgan fingerprint density at radius 3 is 2.60 bits per heavy atom. The van der Waals surface area contributed by atoms with Crippen molar-refractivity contribution in [1.29, 1.82) is 0 Å². The molecule has 0 unspecified atom stereocenters. The third-order valence-electron chi connectivity index (χ3n) is 3.40. The molecule has 0 N–H and O–H groups in total. The first-order valence-electron chi connectivity index (χ1n) is 6.38. The summed E-state index contributed by atoms with van der Waals surface area (Å²) >= 11 is 0. The van der Waals surface area contributed by atoms with E-state index < -0.39 is 0 Å². The first kappa shape index (κ1) is 17.0. The van der Waals surface area contributed by atoms with Gasteiger partial charge in [0.1, 0.15) is 6.10 Å². The third-order valence-corrected chi connectivity index (χ3v) is 3.40. The topological polar surface area (TPSA) is 38.2 Å². The molecule has 2 aromatic rings. The summed E-state index contributed by atoms with van der Waals surface area (Å²) in [6.45, 7) is 2.16. The summed E-state index contributed by atoms with van der Waals surface area (Å²) in [7, 11) is 2.14. The highest BCUT2D eigenvalue weighted by Crippen LogP contribution is 2.17. The van der Waals surface area contributed by atoms with Gasteiger partial charge in [-0.3, -0.25) is 0 Å². The molecule has 0 amide bonds. The second-order valence-corrected chi connectivity index (χ2v) is 4.83. The Balaban J connectivity index is 0.000001000. The predicted molar refractivity (Wildman–Crippen MR) is 85.2 cm³/mol. The number of benzene rings is 1. The number of rotatable bonds is 2. The molecule has 4 nitrogen and oxygen atoms in total. The van der Waals surface area contributed by atoms with Gasteiger partial charge >= 0.3 is 6.01 Å². The molecule has 1 saturated heterocycles. The zero-order valence-corrected chi connectivity index (χ0v) is 13.0. The third kappa shape index (κ3) is 3.95. The molecular formula is C14H19Cl2N3O. The van der Waals surface area contributed by atoms with Crippen LogP contribution in [0.2, 0.25) is 0 Å². The minimum atomic E-state index is 0. The van der Waals surface area contributed by atoms with Gasteiger partial charge in [-0.25, -0.2) is 4.98 Å². The van der Waals surface area contributed by atoms with Gasteiger partial charge in [0.25, 0.3) is 0 Å². The molecule has 0 atom stereocenters. The molecule has 110 valence electrons. The van der Waals surface area contributed by atoms with Gasteiger partial charge < -0.3 is 9.64 Å². The molecule has 0 aliphatic carbocycles. The normalized spacial score (nSPS) is 16.2. The Morgan fingerprint density at radius 2 is 1.85 bits per heavy atom. The van der Waals surface area contributed by atoms with Gasteiger partial charge in [0, 0.05) is 24.7 Å². The molecule has 1 fully saturated rings. The first-order chi connectivity index (χ1) is 8.81. The van der Waals surface area contributed by atoms with Crippen LogP contribution < -0.4 is 4.74 Å². The number of likely N-dealkylation sites (tertiary alicyclic amines) is 1. The average molecular weight is 316 g/mol. The summed E-state index contributed by atoms with van der Waals surface area (Å²) in [6.07, 6.45) is 4.17. The van der Waals surface area contributed by atoms with Crippen molar-refractivity contribution in [2.24, 2.45) is 0 Å². The number of piperidine rings is 1. The Morgan fingerprint density at radius 1 is 1.15 bits per heavy atom. The highest BCUT2D eigenvalue weighted by molar-refractivity contribution is 5.85. The molecule has 0 radical (unpaired) electrons. The van der Waals surface area contributed by atoms with Crippen LogP contribution in [0.3, 0.4) is 0 Å². The van der Waals surface area contributed by atoms with Gasteiger partial charge in [0.2, 0.25) is 0 Å².